The second-order valence-corrected chi connectivity index (χ2v) is 12.6. The highest BCUT2D eigenvalue weighted by Crippen LogP contribution is 2.25. The number of benzene rings is 2. The number of fused-ring (bicyclic) bond motifs is 2. The van der Waals surface area contributed by atoms with Crippen molar-refractivity contribution in [2.24, 2.45) is 14.1 Å². The van der Waals surface area contributed by atoms with E-state index in [-0.39, 0.29) is 0 Å². The van der Waals surface area contributed by atoms with E-state index in [2.05, 4.69) is 109 Å². The van der Waals surface area contributed by atoms with Crippen LogP contribution >= 0.6 is 0 Å². The Balaban J connectivity index is 0.000000334. The van der Waals surface area contributed by atoms with E-state index in [0.717, 1.165) is 6.42 Å². The zero-order chi connectivity index (χ0) is 33.3. The van der Waals surface area contributed by atoms with Crippen LogP contribution < -0.4 is 9.13 Å². The molecule has 0 fully saturated rings. The fourth-order valence-electron chi connectivity index (χ4n) is 4.48. The molecule has 0 saturated carbocycles. The highest BCUT2D eigenvalue weighted by molar-refractivity contribution is 7.86. The van der Waals surface area contributed by atoms with Gasteiger partial charge in [-0.05, 0) is 52.0 Å². The lowest BCUT2D eigenvalue weighted by molar-refractivity contribution is -0.667. The Kier molecular flexibility index (Phi) is 10.7. The van der Waals surface area contributed by atoms with Crippen molar-refractivity contribution in [3.05, 3.63) is 60.2 Å². The van der Waals surface area contributed by atoms with Crippen LogP contribution in [0.5, 0.6) is 0 Å². The van der Waals surface area contributed by atoms with Gasteiger partial charge >= 0.3 is 11.0 Å². The Labute approximate surface area is 244 Å². The smallest absolute Gasteiger partial charge is 0.485 e. The molecule has 0 saturated heterocycles. The second kappa shape index (κ2) is 12.8. The first kappa shape index (κ1) is 36.0. The fourth-order valence-corrected chi connectivity index (χ4v) is 4.48. The van der Waals surface area contributed by atoms with Gasteiger partial charge < -0.3 is 9.11 Å². The molecule has 0 aliphatic carbocycles. The van der Waals surface area contributed by atoms with Gasteiger partial charge in [-0.3, -0.25) is 0 Å². The van der Waals surface area contributed by atoms with Crippen molar-refractivity contribution >= 4 is 42.3 Å². The molecule has 0 bridgehead atoms. The zero-order valence-electron chi connectivity index (χ0n) is 23.8. The summed E-state index contributed by atoms with van der Waals surface area (Å²) in [4.78, 5) is 0. The summed E-state index contributed by atoms with van der Waals surface area (Å²) < 4.78 is 127. The Morgan fingerprint density at radius 2 is 0.907 bits per heavy atom. The standard InChI is InChI=1S/C23H30N4.2CHF3O3S/c1-16(2)26-20-13-9-7-11-18(20)24(5)22(26)15-23-25(6)19-12-8-10-14-21(19)27(23)17(3)4;2*2-1(3,4)8(5,6)7/h7-14,16-17H,15H2,1-6H3;2*(H,5,6,7)/q+2;;/p-2. The summed E-state index contributed by atoms with van der Waals surface area (Å²) in [6.45, 7) is 9.09. The highest BCUT2D eigenvalue weighted by Gasteiger charge is 2.37. The third-order valence-corrected chi connectivity index (χ3v) is 7.39. The normalized spacial score (nSPS) is 12.8. The van der Waals surface area contributed by atoms with Crippen molar-refractivity contribution in [1.82, 2.24) is 9.13 Å². The predicted molar refractivity (Wildman–Crippen MR) is 141 cm³/mol. The van der Waals surface area contributed by atoms with Gasteiger partial charge in [-0.15, -0.1) is 0 Å². The molecule has 0 atom stereocenters. The van der Waals surface area contributed by atoms with Gasteiger partial charge in [-0.2, -0.15) is 26.3 Å². The topological polar surface area (TPSA) is 132 Å². The molecule has 0 aliphatic heterocycles. The predicted octanol–water partition coefficient (Wildman–Crippen LogP) is 4.10. The molecule has 4 aromatic rings. The van der Waals surface area contributed by atoms with E-state index >= 15 is 0 Å². The minimum Gasteiger partial charge on any atom is -0.741 e. The minimum atomic E-state index is -6.09. The van der Waals surface area contributed by atoms with Crippen LogP contribution in [0.25, 0.3) is 22.1 Å². The Bertz CT molecular complexity index is 1680. The average Bonchev–Trinajstić information content (AvgIpc) is 3.29. The number of nitrogens with zero attached hydrogens (tertiary/aromatic N) is 4. The van der Waals surface area contributed by atoms with Gasteiger partial charge in [0.1, 0.15) is 0 Å². The fraction of sp³-hybridized carbons (Fsp3) is 0.440. The zero-order valence-corrected chi connectivity index (χ0v) is 25.4. The molecule has 0 unspecified atom stereocenters. The number of rotatable bonds is 4. The lowest BCUT2D eigenvalue weighted by atomic mass is 10.2. The molecule has 4 rings (SSSR count). The van der Waals surface area contributed by atoms with Crippen LogP contribution in [0, 0.1) is 0 Å². The molecule has 0 radical (unpaired) electrons. The highest BCUT2D eigenvalue weighted by atomic mass is 32.2. The maximum absolute atomic E-state index is 10.7. The third kappa shape index (κ3) is 8.04. The summed E-state index contributed by atoms with van der Waals surface area (Å²) in [5.74, 6) is 2.68. The molecular weight excluding hydrogens is 630 g/mol. The number of para-hydroxylation sites is 4. The molecule has 2 aromatic carbocycles. The summed E-state index contributed by atoms with van der Waals surface area (Å²) in [6.07, 6.45) is 0.896. The Morgan fingerprint density at radius 1 is 0.651 bits per heavy atom. The summed E-state index contributed by atoms with van der Waals surface area (Å²) in [5.41, 5.74) is -6.10. The first-order valence-electron chi connectivity index (χ1n) is 12.4. The monoisotopic (exact) mass is 660 g/mol. The Morgan fingerprint density at radius 3 is 1.14 bits per heavy atom. The summed E-state index contributed by atoms with van der Waals surface area (Å²) in [5, 5.41) is 0. The lowest BCUT2D eigenvalue weighted by Gasteiger charge is -2.08. The van der Waals surface area contributed by atoms with Gasteiger partial charge in [0.25, 0.3) is 11.6 Å². The van der Waals surface area contributed by atoms with Crippen molar-refractivity contribution in [1.29, 1.82) is 0 Å². The van der Waals surface area contributed by atoms with Crippen LogP contribution in [0.2, 0.25) is 0 Å². The molecule has 0 spiro atoms. The molecule has 10 nitrogen and oxygen atoms in total. The van der Waals surface area contributed by atoms with E-state index in [1.54, 1.807) is 0 Å². The van der Waals surface area contributed by atoms with Crippen molar-refractivity contribution in [2.45, 2.75) is 57.2 Å². The van der Waals surface area contributed by atoms with Crippen LogP contribution in [0.15, 0.2) is 48.5 Å². The van der Waals surface area contributed by atoms with Crippen molar-refractivity contribution < 1.29 is 61.4 Å². The van der Waals surface area contributed by atoms with Crippen LogP contribution in [-0.2, 0) is 40.8 Å². The van der Waals surface area contributed by atoms with E-state index in [9.17, 15) is 26.3 Å². The number of alkyl halides is 6. The summed E-state index contributed by atoms with van der Waals surface area (Å²) in [6, 6.07) is 18.2. The van der Waals surface area contributed by atoms with Crippen molar-refractivity contribution in [3.63, 3.8) is 0 Å². The number of hydrogen-bond acceptors (Lipinski definition) is 6. The van der Waals surface area contributed by atoms with Gasteiger partial charge in [0.05, 0.1) is 26.2 Å². The van der Waals surface area contributed by atoms with Crippen LogP contribution in [0.1, 0.15) is 51.4 Å². The number of aromatic nitrogens is 4. The van der Waals surface area contributed by atoms with E-state index in [0.29, 0.717) is 12.1 Å². The molecule has 240 valence electrons. The number of aryl methyl sites for hydroxylation is 2. The maximum Gasteiger partial charge on any atom is 0.485 e. The minimum absolute atomic E-state index is 0.410. The molecular formula is C25H30F6N4O6S2. The molecule has 18 heteroatoms. The van der Waals surface area contributed by atoms with E-state index in [1.165, 1.54) is 33.7 Å². The van der Waals surface area contributed by atoms with Gasteiger partial charge in [-0.1, -0.05) is 24.3 Å². The van der Waals surface area contributed by atoms with Crippen molar-refractivity contribution in [3.8, 4) is 0 Å². The van der Waals surface area contributed by atoms with E-state index < -0.39 is 31.3 Å². The largest absolute Gasteiger partial charge is 0.741 e. The number of halogens is 6. The van der Waals surface area contributed by atoms with Gasteiger partial charge in [-0.25, -0.2) is 35.1 Å². The third-order valence-electron chi connectivity index (χ3n) is 6.25. The molecule has 0 aliphatic rings. The molecule has 0 amide bonds. The van der Waals surface area contributed by atoms with E-state index in [4.69, 9.17) is 25.9 Å². The Hall–Kier alpha value is -3.22. The maximum atomic E-state index is 10.7. The average molecular weight is 661 g/mol. The molecule has 0 N–H and O–H groups in total. The first-order valence-corrected chi connectivity index (χ1v) is 15.2. The van der Waals surface area contributed by atoms with Gasteiger partial charge in [0, 0.05) is 0 Å². The molecule has 2 aromatic heterocycles. The summed E-state index contributed by atoms with van der Waals surface area (Å²) in [7, 11) is -7.79. The quantitative estimate of drug-likeness (QED) is 0.140. The second-order valence-electron chi connectivity index (χ2n) is 9.83. The molecule has 43 heavy (non-hydrogen) atoms. The van der Waals surface area contributed by atoms with Gasteiger partial charge in [0.2, 0.25) is 0 Å². The first-order chi connectivity index (χ1) is 19.4. The van der Waals surface area contributed by atoms with Crippen LogP contribution in [-0.4, -0.2) is 46.1 Å². The van der Waals surface area contributed by atoms with Gasteiger partial charge in [0.15, 0.2) is 48.7 Å². The van der Waals surface area contributed by atoms with Crippen molar-refractivity contribution in [2.75, 3.05) is 0 Å². The number of imidazole rings is 2. The lowest BCUT2D eigenvalue weighted by Crippen LogP contribution is -2.39. The number of hydrogen-bond donors (Lipinski definition) is 0. The SMILES string of the molecule is CC(C)n1c(Cc2n(C(C)C)c3ccccc3[n+]2C)[n+](C)c2ccccc21.O=S(=O)([O-])C(F)(F)F.O=S(=O)([O-])C(F)(F)F. The van der Waals surface area contributed by atoms with Crippen LogP contribution in [0.3, 0.4) is 0 Å². The van der Waals surface area contributed by atoms with E-state index in [1.807, 2.05) is 0 Å². The molecule has 2 heterocycles. The summed E-state index contributed by atoms with van der Waals surface area (Å²) >= 11 is 0. The van der Waals surface area contributed by atoms with Crippen LogP contribution in [0.4, 0.5) is 26.3 Å².